The maximum Gasteiger partial charge on any atom is 0.0467 e. The van der Waals surface area contributed by atoms with E-state index in [-0.39, 0.29) is 0 Å². The Morgan fingerprint density at radius 2 is 2.06 bits per heavy atom. The highest BCUT2D eigenvalue weighted by molar-refractivity contribution is 9.08. The van der Waals surface area contributed by atoms with Crippen molar-refractivity contribution >= 4 is 33.2 Å². The molecule has 3 heteroatoms. The Morgan fingerprint density at radius 1 is 1.31 bits per heavy atom. The van der Waals surface area contributed by atoms with Crippen molar-refractivity contribution in [1.29, 1.82) is 0 Å². The Hall–Kier alpha value is -0.210. The molecule has 0 saturated carbocycles. The van der Waals surface area contributed by atoms with Gasteiger partial charge in [0.05, 0.1) is 0 Å². The second-order valence-electron chi connectivity index (χ2n) is 4.04. The summed E-state index contributed by atoms with van der Waals surface area (Å²) in [5.74, 6) is 0. The molecule has 0 heterocycles. The monoisotopic (exact) mass is 303 g/mol. The zero-order valence-corrected chi connectivity index (χ0v) is 12.3. The summed E-state index contributed by atoms with van der Waals surface area (Å²) in [7, 11) is 2.12. The van der Waals surface area contributed by atoms with Crippen LogP contribution in [0.1, 0.15) is 31.7 Å². The van der Waals surface area contributed by atoms with E-state index in [9.17, 15) is 0 Å². The van der Waals surface area contributed by atoms with Crippen LogP contribution in [0.3, 0.4) is 0 Å². The van der Waals surface area contributed by atoms with Gasteiger partial charge >= 0.3 is 0 Å². The average Bonchev–Trinajstić information content (AvgIpc) is 2.29. The highest BCUT2D eigenvalue weighted by atomic mass is 79.9. The number of rotatable bonds is 6. The Kier molecular flexibility index (Phi) is 6.22. The number of hydrogen-bond donors (Lipinski definition) is 0. The topological polar surface area (TPSA) is 3.24 Å². The van der Waals surface area contributed by atoms with Crippen molar-refractivity contribution in [3.8, 4) is 0 Å². The highest BCUT2D eigenvalue weighted by Crippen LogP contribution is 2.24. The molecule has 0 fully saturated rings. The highest BCUT2D eigenvalue weighted by Gasteiger charge is 2.04. The number of halogens is 2. The first kappa shape index (κ1) is 13.9. The standard InChI is InChI=1S/C13H19BrClN/c1-3-4-5-8-16(2)12-7-6-11(10-14)13(15)9-12/h6-7,9H,3-5,8,10H2,1-2H3. The van der Waals surface area contributed by atoms with Gasteiger partial charge in [0.25, 0.3) is 0 Å². The fraction of sp³-hybridized carbons (Fsp3) is 0.538. The molecule has 90 valence electrons. The zero-order chi connectivity index (χ0) is 12.0. The molecular weight excluding hydrogens is 286 g/mol. The van der Waals surface area contributed by atoms with Gasteiger partial charge in [0.2, 0.25) is 0 Å². The van der Waals surface area contributed by atoms with E-state index in [0.29, 0.717) is 0 Å². The quantitative estimate of drug-likeness (QED) is 0.536. The zero-order valence-electron chi connectivity index (χ0n) is 9.97. The molecule has 0 spiro atoms. The van der Waals surface area contributed by atoms with Gasteiger partial charge in [-0.1, -0.05) is 53.4 Å². The van der Waals surface area contributed by atoms with Crippen LogP contribution in [-0.2, 0) is 5.33 Å². The van der Waals surface area contributed by atoms with E-state index in [4.69, 9.17) is 11.6 Å². The molecule has 0 amide bonds. The van der Waals surface area contributed by atoms with Crippen LogP contribution in [0.2, 0.25) is 5.02 Å². The predicted molar refractivity (Wildman–Crippen MR) is 76.9 cm³/mol. The maximum atomic E-state index is 6.18. The fourth-order valence-corrected chi connectivity index (χ4v) is 2.50. The fourth-order valence-electron chi connectivity index (χ4n) is 1.61. The molecule has 16 heavy (non-hydrogen) atoms. The molecule has 0 saturated heterocycles. The molecule has 0 aliphatic carbocycles. The molecule has 1 aromatic carbocycles. The average molecular weight is 305 g/mol. The molecule has 1 nitrogen and oxygen atoms in total. The number of alkyl halides is 1. The van der Waals surface area contributed by atoms with Crippen LogP contribution in [0, 0.1) is 0 Å². The smallest absolute Gasteiger partial charge is 0.0467 e. The van der Waals surface area contributed by atoms with Crippen LogP contribution in [0.5, 0.6) is 0 Å². The van der Waals surface area contributed by atoms with E-state index in [2.05, 4.69) is 46.9 Å². The minimum atomic E-state index is 0.811. The summed E-state index contributed by atoms with van der Waals surface area (Å²) in [6.45, 7) is 3.32. The van der Waals surface area contributed by atoms with Crippen LogP contribution in [-0.4, -0.2) is 13.6 Å². The second kappa shape index (κ2) is 7.18. The maximum absolute atomic E-state index is 6.18. The van der Waals surface area contributed by atoms with Gasteiger partial charge < -0.3 is 4.90 Å². The largest absolute Gasteiger partial charge is 0.375 e. The molecule has 0 aliphatic heterocycles. The molecule has 1 rings (SSSR count). The van der Waals surface area contributed by atoms with E-state index >= 15 is 0 Å². The lowest BCUT2D eigenvalue weighted by atomic mass is 10.2. The van der Waals surface area contributed by atoms with Gasteiger partial charge in [-0.2, -0.15) is 0 Å². The third-order valence-corrected chi connectivity index (χ3v) is 3.67. The van der Waals surface area contributed by atoms with Crippen molar-refractivity contribution in [2.45, 2.75) is 31.5 Å². The minimum absolute atomic E-state index is 0.811. The van der Waals surface area contributed by atoms with E-state index < -0.39 is 0 Å². The lowest BCUT2D eigenvalue weighted by Crippen LogP contribution is -2.18. The Bertz CT molecular complexity index is 328. The first-order valence-corrected chi connectivity index (χ1v) is 7.24. The Morgan fingerprint density at radius 3 is 2.62 bits per heavy atom. The molecule has 0 atom stereocenters. The van der Waals surface area contributed by atoms with Gasteiger partial charge in [-0.05, 0) is 24.1 Å². The molecular formula is C13H19BrClN. The van der Waals surface area contributed by atoms with Gasteiger partial charge in [0.15, 0.2) is 0 Å². The number of anilines is 1. The van der Waals surface area contributed by atoms with Crippen LogP contribution >= 0.6 is 27.5 Å². The van der Waals surface area contributed by atoms with Crippen molar-refractivity contribution in [2.75, 3.05) is 18.5 Å². The minimum Gasteiger partial charge on any atom is -0.375 e. The summed E-state index contributed by atoms with van der Waals surface area (Å²) in [6.07, 6.45) is 3.79. The van der Waals surface area contributed by atoms with Crippen LogP contribution in [0.4, 0.5) is 5.69 Å². The van der Waals surface area contributed by atoms with Crippen molar-refractivity contribution in [3.63, 3.8) is 0 Å². The summed E-state index contributed by atoms with van der Waals surface area (Å²) in [5.41, 5.74) is 2.35. The SMILES string of the molecule is CCCCCN(C)c1ccc(CBr)c(Cl)c1. The number of unbranched alkanes of at least 4 members (excludes halogenated alkanes) is 2. The van der Waals surface area contributed by atoms with E-state index in [1.807, 2.05) is 6.07 Å². The van der Waals surface area contributed by atoms with Crippen molar-refractivity contribution in [2.24, 2.45) is 0 Å². The molecule has 0 aromatic heterocycles. The van der Waals surface area contributed by atoms with Crippen molar-refractivity contribution in [3.05, 3.63) is 28.8 Å². The van der Waals surface area contributed by atoms with Crippen LogP contribution in [0.15, 0.2) is 18.2 Å². The van der Waals surface area contributed by atoms with Gasteiger partial charge in [0.1, 0.15) is 0 Å². The third-order valence-electron chi connectivity index (χ3n) is 2.72. The van der Waals surface area contributed by atoms with Gasteiger partial charge in [-0.15, -0.1) is 0 Å². The molecule has 0 radical (unpaired) electrons. The molecule has 0 N–H and O–H groups in total. The summed E-state index contributed by atoms with van der Waals surface area (Å²) >= 11 is 9.60. The van der Waals surface area contributed by atoms with Crippen molar-refractivity contribution in [1.82, 2.24) is 0 Å². The summed E-state index contributed by atoms with van der Waals surface area (Å²) in [4.78, 5) is 2.26. The first-order valence-electron chi connectivity index (χ1n) is 5.74. The van der Waals surface area contributed by atoms with Gasteiger partial charge in [0, 0.05) is 29.6 Å². The van der Waals surface area contributed by atoms with E-state index in [1.165, 1.54) is 24.9 Å². The molecule has 0 unspecified atom stereocenters. The van der Waals surface area contributed by atoms with Crippen LogP contribution < -0.4 is 4.90 Å². The predicted octanol–water partition coefficient (Wildman–Crippen LogP) is 4.86. The second-order valence-corrected chi connectivity index (χ2v) is 5.01. The summed E-state index contributed by atoms with van der Waals surface area (Å²) in [6, 6.07) is 6.27. The number of benzene rings is 1. The Balaban J connectivity index is 2.62. The van der Waals surface area contributed by atoms with E-state index in [1.54, 1.807) is 0 Å². The molecule has 1 aromatic rings. The van der Waals surface area contributed by atoms with Crippen molar-refractivity contribution < 1.29 is 0 Å². The Labute approximate surface area is 112 Å². The lowest BCUT2D eigenvalue weighted by molar-refractivity contribution is 0.705. The number of hydrogen-bond acceptors (Lipinski definition) is 1. The molecule has 0 aliphatic rings. The van der Waals surface area contributed by atoms with Gasteiger partial charge in [-0.3, -0.25) is 0 Å². The van der Waals surface area contributed by atoms with Gasteiger partial charge in [-0.25, -0.2) is 0 Å². The summed E-state index contributed by atoms with van der Waals surface area (Å²) in [5, 5.41) is 1.66. The number of nitrogens with zero attached hydrogens (tertiary/aromatic N) is 1. The first-order chi connectivity index (χ1) is 7.69. The van der Waals surface area contributed by atoms with E-state index in [0.717, 1.165) is 22.5 Å². The normalized spacial score (nSPS) is 10.5. The lowest BCUT2D eigenvalue weighted by Gasteiger charge is -2.20. The van der Waals surface area contributed by atoms with Crippen LogP contribution in [0.25, 0.3) is 0 Å². The summed E-state index contributed by atoms with van der Waals surface area (Å²) < 4.78 is 0. The molecule has 0 bridgehead atoms. The third kappa shape index (κ3) is 3.99.